The summed E-state index contributed by atoms with van der Waals surface area (Å²) in [5.41, 5.74) is 2.18. The Labute approximate surface area is 126 Å². The Morgan fingerprint density at radius 2 is 1.95 bits per heavy atom. The van der Waals surface area contributed by atoms with Crippen molar-refractivity contribution in [1.82, 2.24) is 15.2 Å². The van der Waals surface area contributed by atoms with Crippen molar-refractivity contribution >= 4 is 11.8 Å². The molecule has 1 aliphatic rings. The highest BCUT2D eigenvalue weighted by atomic mass is 16.3. The molecule has 0 saturated carbocycles. The number of likely N-dealkylation sites (tertiary alicyclic amines) is 1. The molecule has 4 N–H and O–H groups in total. The van der Waals surface area contributed by atoms with E-state index in [0.717, 1.165) is 25.8 Å². The molecule has 0 spiro atoms. The van der Waals surface area contributed by atoms with Gasteiger partial charge in [0.1, 0.15) is 0 Å². The van der Waals surface area contributed by atoms with Crippen LogP contribution in [-0.2, 0) is 9.59 Å². The molecule has 21 heavy (non-hydrogen) atoms. The van der Waals surface area contributed by atoms with Crippen molar-refractivity contribution in [3.05, 3.63) is 0 Å². The van der Waals surface area contributed by atoms with E-state index in [0.29, 0.717) is 32.5 Å². The lowest BCUT2D eigenvalue weighted by Crippen LogP contribution is -2.47. The number of carbonyl (C=O) groups excluding carboxylic acids is 2. The third-order valence-corrected chi connectivity index (χ3v) is 3.96. The average Bonchev–Trinajstić information content (AvgIpc) is 2.51. The number of hydrogen-bond donors (Lipinski definition) is 3. The maximum Gasteiger partial charge on any atom is 0.237 e. The lowest BCUT2D eigenvalue weighted by atomic mass is 9.96. The predicted octanol–water partition coefficient (Wildman–Crippen LogP) is -0.691. The quantitative estimate of drug-likeness (QED) is 0.238. The van der Waals surface area contributed by atoms with E-state index in [-0.39, 0.29) is 24.3 Å². The number of amides is 2. The van der Waals surface area contributed by atoms with E-state index < -0.39 is 0 Å². The molecule has 0 aromatic carbocycles. The fourth-order valence-electron chi connectivity index (χ4n) is 2.59. The highest BCUT2D eigenvalue weighted by Gasteiger charge is 2.27. The van der Waals surface area contributed by atoms with E-state index in [1.807, 2.05) is 16.8 Å². The summed E-state index contributed by atoms with van der Waals surface area (Å²) in [6.07, 6.45) is 4.14. The number of aliphatic hydroxyl groups excluding tert-OH is 1. The van der Waals surface area contributed by atoms with Gasteiger partial charge in [-0.2, -0.15) is 0 Å². The van der Waals surface area contributed by atoms with Gasteiger partial charge in [0.05, 0.1) is 6.54 Å². The van der Waals surface area contributed by atoms with Crippen LogP contribution < -0.4 is 11.3 Å². The standard InChI is InChI=1S/C14H28N4O3/c1-17(7-3-2-4-10-19)11-13(20)18-8-5-12(6-9-18)14(21)16-15/h12,19H,2-11,15H2,1H3,(H,16,21). The Kier molecular flexibility index (Phi) is 8.26. The van der Waals surface area contributed by atoms with E-state index in [1.165, 1.54) is 0 Å². The van der Waals surface area contributed by atoms with Gasteiger partial charge in [-0.3, -0.25) is 19.9 Å². The molecule has 7 nitrogen and oxygen atoms in total. The van der Waals surface area contributed by atoms with Crippen LogP contribution in [-0.4, -0.2) is 66.6 Å². The van der Waals surface area contributed by atoms with Gasteiger partial charge in [-0.1, -0.05) is 0 Å². The van der Waals surface area contributed by atoms with Crippen LogP contribution in [0.1, 0.15) is 32.1 Å². The smallest absolute Gasteiger partial charge is 0.237 e. The van der Waals surface area contributed by atoms with Gasteiger partial charge >= 0.3 is 0 Å². The molecule has 1 rings (SSSR count). The normalized spacial score (nSPS) is 16.3. The van der Waals surface area contributed by atoms with Crippen LogP contribution in [0.15, 0.2) is 0 Å². The van der Waals surface area contributed by atoms with Gasteiger partial charge in [-0.25, -0.2) is 5.84 Å². The average molecular weight is 300 g/mol. The first-order valence-corrected chi connectivity index (χ1v) is 7.66. The first-order valence-electron chi connectivity index (χ1n) is 7.66. The number of nitrogens with two attached hydrogens (primary N) is 1. The molecule has 0 bridgehead atoms. The largest absolute Gasteiger partial charge is 0.396 e. The van der Waals surface area contributed by atoms with E-state index in [1.54, 1.807) is 0 Å². The highest BCUT2D eigenvalue weighted by molar-refractivity contribution is 5.80. The number of piperidine rings is 1. The monoisotopic (exact) mass is 300 g/mol. The predicted molar refractivity (Wildman–Crippen MR) is 80.1 cm³/mol. The minimum Gasteiger partial charge on any atom is -0.396 e. The van der Waals surface area contributed by atoms with Crippen molar-refractivity contribution in [3.8, 4) is 0 Å². The fraction of sp³-hybridized carbons (Fsp3) is 0.857. The van der Waals surface area contributed by atoms with Crippen LogP contribution in [0.25, 0.3) is 0 Å². The minimum absolute atomic E-state index is 0.0738. The van der Waals surface area contributed by atoms with Crippen LogP contribution >= 0.6 is 0 Å². The molecule has 0 aromatic heterocycles. The number of nitrogens with one attached hydrogen (secondary N) is 1. The molecule has 1 fully saturated rings. The van der Waals surface area contributed by atoms with E-state index in [2.05, 4.69) is 5.43 Å². The Hall–Kier alpha value is -1.18. The number of hydrazine groups is 1. The van der Waals surface area contributed by atoms with Crippen LogP contribution in [0.5, 0.6) is 0 Å². The summed E-state index contributed by atoms with van der Waals surface area (Å²) in [7, 11) is 1.94. The molecule has 2 amide bonds. The molecule has 0 aromatic rings. The van der Waals surface area contributed by atoms with Crippen molar-refractivity contribution in [2.45, 2.75) is 32.1 Å². The van der Waals surface area contributed by atoms with Crippen LogP contribution in [0, 0.1) is 5.92 Å². The molecule has 0 aliphatic carbocycles. The second-order valence-corrected chi connectivity index (χ2v) is 5.69. The summed E-state index contributed by atoms with van der Waals surface area (Å²) in [6.45, 7) is 2.74. The summed E-state index contributed by atoms with van der Waals surface area (Å²) in [5.74, 6) is 5.04. The third kappa shape index (κ3) is 6.41. The lowest BCUT2D eigenvalue weighted by molar-refractivity contribution is -0.136. The number of hydrogen-bond acceptors (Lipinski definition) is 5. The molecule has 1 heterocycles. The number of nitrogens with zero attached hydrogens (tertiary/aromatic N) is 2. The summed E-state index contributed by atoms with van der Waals surface area (Å²) in [5, 5.41) is 8.71. The number of aliphatic hydroxyl groups is 1. The lowest BCUT2D eigenvalue weighted by Gasteiger charge is -2.32. The van der Waals surface area contributed by atoms with Gasteiger partial charge < -0.3 is 10.0 Å². The third-order valence-electron chi connectivity index (χ3n) is 3.96. The zero-order chi connectivity index (χ0) is 15.7. The Morgan fingerprint density at radius 1 is 1.29 bits per heavy atom. The minimum atomic E-state index is -0.136. The summed E-state index contributed by atoms with van der Waals surface area (Å²) in [6, 6.07) is 0. The van der Waals surface area contributed by atoms with Gasteiger partial charge in [-0.15, -0.1) is 0 Å². The SMILES string of the molecule is CN(CCCCCO)CC(=O)N1CCC(C(=O)NN)CC1. The van der Waals surface area contributed by atoms with E-state index in [4.69, 9.17) is 10.9 Å². The van der Waals surface area contributed by atoms with Gasteiger partial charge in [0.25, 0.3) is 0 Å². The van der Waals surface area contributed by atoms with Crippen molar-refractivity contribution in [2.24, 2.45) is 11.8 Å². The molecule has 1 saturated heterocycles. The molecular formula is C14H28N4O3. The molecular weight excluding hydrogens is 272 g/mol. The first-order chi connectivity index (χ1) is 10.1. The zero-order valence-corrected chi connectivity index (χ0v) is 12.9. The fourth-order valence-corrected chi connectivity index (χ4v) is 2.59. The van der Waals surface area contributed by atoms with Crippen LogP contribution in [0.3, 0.4) is 0 Å². The van der Waals surface area contributed by atoms with E-state index in [9.17, 15) is 9.59 Å². The Balaban J connectivity index is 2.22. The van der Waals surface area contributed by atoms with Gasteiger partial charge in [0.15, 0.2) is 0 Å². The molecule has 0 unspecified atom stereocenters. The topological polar surface area (TPSA) is 98.9 Å². The Bertz CT molecular complexity index is 330. The van der Waals surface area contributed by atoms with Crippen molar-refractivity contribution in [3.63, 3.8) is 0 Å². The molecule has 1 aliphatic heterocycles. The molecule has 0 radical (unpaired) electrons. The Morgan fingerprint density at radius 3 is 2.52 bits per heavy atom. The maximum atomic E-state index is 12.2. The summed E-state index contributed by atoms with van der Waals surface area (Å²) in [4.78, 5) is 27.4. The second kappa shape index (κ2) is 9.70. The number of unbranched alkanes of at least 4 members (excludes halogenated alkanes) is 2. The maximum absolute atomic E-state index is 12.2. The van der Waals surface area contributed by atoms with Crippen molar-refractivity contribution in [1.29, 1.82) is 0 Å². The zero-order valence-electron chi connectivity index (χ0n) is 12.9. The van der Waals surface area contributed by atoms with Gasteiger partial charge in [0, 0.05) is 25.6 Å². The molecule has 7 heteroatoms. The highest BCUT2D eigenvalue weighted by Crippen LogP contribution is 2.17. The van der Waals surface area contributed by atoms with Crippen molar-refractivity contribution < 1.29 is 14.7 Å². The van der Waals surface area contributed by atoms with Gasteiger partial charge in [-0.05, 0) is 45.7 Å². The van der Waals surface area contributed by atoms with Crippen LogP contribution in [0.2, 0.25) is 0 Å². The number of likely N-dealkylation sites (N-methyl/N-ethyl adjacent to an activating group) is 1. The molecule has 0 atom stereocenters. The van der Waals surface area contributed by atoms with Crippen LogP contribution in [0.4, 0.5) is 0 Å². The van der Waals surface area contributed by atoms with Crippen molar-refractivity contribution in [2.75, 3.05) is 39.8 Å². The number of carbonyl (C=O) groups is 2. The second-order valence-electron chi connectivity index (χ2n) is 5.69. The van der Waals surface area contributed by atoms with Gasteiger partial charge in [0.2, 0.25) is 11.8 Å². The first kappa shape index (κ1) is 17.9. The summed E-state index contributed by atoms with van der Waals surface area (Å²) < 4.78 is 0. The molecule has 122 valence electrons. The van der Waals surface area contributed by atoms with E-state index >= 15 is 0 Å². The summed E-state index contributed by atoms with van der Waals surface area (Å²) >= 11 is 0. The number of rotatable bonds is 8.